The predicted octanol–water partition coefficient (Wildman–Crippen LogP) is 3.81. The van der Waals surface area contributed by atoms with E-state index in [1.54, 1.807) is 34.3 Å². The van der Waals surface area contributed by atoms with E-state index in [0.29, 0.717) is 11.3 Å². The lowest BCUT2D eigenvalue weighted by molar-refractivity contribution is 0.101. The van der Waals surface area contributed by atoms with E-state index in [2.05, 4.69) is 4.98 Å². The van der Waals surface area contributed by atoms with Gasteiger partial charge >= 0.3 is 6.03 Å². The number of amides is 2. The van der Waals surface area contributed by atoms with Crippen molar-refractivity contribution in [3.63, 3.8) is 0 Å². The summed E-state index contributed by atoms with van der Waals surface area (Å²) >= 11 is 0. The van der Waals surface area contributed by atoms with Crippen molar-refractivity contribution in [3.8, 4) is 11.1 Å². The molecule has 170 valence electrons. The van der Waals surface area contributed by atoms with E-state index < -0.39 is 9.84 Å². The van der Waals surface area contributed by atoms with Crippen molar-refractivity contribution in [2.75, 3.05) is 29.5 Å². The molecule has 2 amide bonds. The Labute approximate surface area is 193 Å². The highest BCUT2D eigenvalue weighted by Crippen LogP contribution is 2.27. The second kappa shape index (κ2) is 9.54. The summed E-state index contributed by atoms with van der Waals surface area (Å²) < 4.78 is 23.7. The number of aromatic nitrogens is 1. The van der Waals surface area contributed by atoms with Gasteiger partial charge in [-0.3, -0.25) is 14.7 Å². The Morgan fingerprint density at radius 1 is 0.970 bits per heavy atom. The van der Waals surface area contributed by atoms with Crippen molar-refractivity contribution in [2.45, 2.75) is 13.5 Å². The minimum Gasteiger partial charge on any atom is -0.322 e. The van der Waals surface area contributed by atoms with Crippen LogP contribution in [0.2, 0.25) is 0 Å². The van der Waals surface area contributed by atoms with Crippen molar-refractivity contribution in [3.05, 3.63) is 84.2 Å². The first-order chi connectivity index (χ1) is 15.8. The summed E-state index contributed by atoms with van der Waals surface area (Å²) in [5.74, 6) is -0.0845. The van der Waals surface area contributed by atoms with E-state index in [1.165, 1.54) is 6.92 Å². The highest BCUT2D eigenvalue weighted by molar-refractivity contribution is 7.91. The summed E-state index contributed by atoms with van der Waals surface area (Å²) in [6, 6.07) is 18.4. The number of ketones is 1. The van der Waals surface area contributed by atoms with Crippen LogP contribution >= 0.6 is 0 Å². The van der Waals surface area contributed by atoms with Gasteiger partial charge in [-0.15, -0.1) is 0 Å². The normalized spacial score (nSPS) is 15.1. The number of Topliss-reactive ketones (excluding diaryl/α,β-unsaturated/α-hetero) is 1. The zero-order chi connectivity index (χ0) is 23.4. The van der Waals surface area contributed by atoms with Crippen LogP contribution in [0.15, 0.2) is 73.1 Å². The molecule has 1 aliphatic rings. The summed E-state index contributed by atoms with van der Waals surface area (Å²) in [5.41, 5.74) is 4.03. The third-order valence-corrected chi connectivity index (χ3v) is 7.31. The smallest absolute Gasteiger partial charge is 0.322 e. The van der Waals surface area contributed by atoms with Crippen LogP contribution in [0.1, 0.15) is 22.8 Å². The van der Waals surface area contributed by atoms with Crippen LogP contribution in [0.4, 0.5) is 10.5 Å². The van der Waals surface area contributed by atoms with Crippen LogP contribution < -0.4 is 4.90 Å². The average molecular weight is 464 g/mol. The van der Waals surface area contributed by atoms with Crippen molar-refractivity contribution >= 4 is 27.3 Å². The van der Waals surface area contributed by atoms with Gasteiger partial charge in [0, 0.05) is 42.3 Å². The fraction of sp³-hybridized carbons (Fsp3) is 0.240. The molecule has 2 aromatic carbocycles. The van der Waals surface area contributed by atoms with E-state index >= 15 is 0 Å². The molecule has 0 aliphatic carbocycles. The molecule has 0 N–H and O–H groups in total. The Hall–Kier alpha value is -3.52. The lowest BCUT2D eigenvalue weighted by Gasteiger charge is -2.33. The summed E-state index contributed by atoms with van der Waals surface area (Å²) in [7, 11) is -3.11. The molecule has 0 bridgehead atoms. The van der Waals surface area contributed by atoms with Gasteiger partial charge in [0.05, 0.1) is 18.1 Å². The van der Waals surface area contributed by atoms with E-state index in [0.717, 1.165) is 16.7 Å². The summed E-state index contributed by atoms with van der Waals surface area (Å²) in [5, 5.41) is 0. The van der Waals surface area contributed by atoms with Crippen LogP contribution in [-0.4, -0.2) is 54.7 Å². The third kappa shape index (κ3) is 5.46. The number of anilines is 1. The Morgan fingerprint density at radius 2 is 1.67 bits per heavy atom. The lowest BCUT2D eigenvalue weighted by Crippen LogP contribution is -2.49. The Balaban J connectivity index is 1.66. The SMILES string of the molecule is CC(=O)c1ccc(CN(C(=O)N2CCS(=O)(=O)CC2)c2cccc(-c3cccnc3)c2)cc1. The number of pyridine rings is 1. The fourth-order valence-corrected chi connectivity index (χ4v) is 4.96. The molecule has 0 unspecified atom stereocenters. The van der Waals surface area contributed by atoms with E-state index in [4.69, 9.17) is 0 Å². The van der Waals surface area contributed by atoms with Crippen LogP contribution in [0.5, 0.6) is 0 Å². The third-order valence-electron chi connectivity index (χ3n) is 5.70. The van der Waals surface area contributed by atoms with Crippen molar-refractivity contribution < 1.29 is 18.0 Å². The molecule has 8 heteroatoms. The molecule has 7 nitrogen and oxygen atoms in total. The summed E-state index contributed by atoms with van der Waals surface area (Å²) in [6.45, 7) is 2.14. The predicted molar refractivity (Wildman–Crippen MR) is 128 cm³/mol. The zero-order valence-corrected chi connectivity index (χ0v) is 19.2. The number of carbonyl (C=O) groups excluding carboxylic acids is 2. The van der Waals surface area contributed by atoms with Gasteiger partial charge in [-0.1, -0.05) is 42.5 Å². The van der Waals surface area contributed by atoms with Gasteiger partial charge in [0.2, 0.25) is 0 Å². The monoisotopic (exact) mass is 463 g/mol. The molecule has 0 radical (unpaired) electrons. The highest BCUT2D eigenvalue weighted by Gasteiger charge is 2.29. The van der Waals surface area contributed by atoms with Crippen molar-refractivity contribution in [2.24, 2.45) is 0 Å². The maximum absolute atomic E-state index is 13.5. The summed E-state index contributed by atoms with van der Waals surface area (Å²) in [6.07, 6.45) is 3.47. The van der Waals surface area contributed by atoms with Crippen LogP contribution in [-0.2, 0) is 16.4 Å². The Morgan fingerprint density at radius 3 is 2.30 bits per heavy atom. The van der Waals surface area contributed by atoms with Crippen LogP contribution in [0, 0.1) is 0 Å². The molecule has 3 aromatic rings. The second-order valence-corrected chi connectivity index (χ2v) is 10.4. The molecule has 0 atom stereocenters. The maximum Gasteiger partial charge on any atom is 0.324 e. The first-order valence-electron chi connectivity index (χ1n) is 10.7. The maximum atomic E-state index is 13.5. The molecule has 0 spiro atoms. The zero-order valence-electron chi connectivity index (χ0n) is 18.3. The number of urea groups is 1. The molecule has 2 heterocycles. The van der Waals surface area contributed by atoms with E-state index in [-0.39, 0.29) is 43.0 Å². The number of benzene rings is 2. The van der Waals surface area contributed by atoms with Gasteiger partial charge in [-0.05, 0) is 36.2 Å². The highest BCUT2D eigenvalue weighted by atomic mass is 32.2. The summed E-state index contributed by atoms with van der Waals surface area (Å²) in [4.78, 5) is 32.6. The van der Waals surface area contributed by atoms with Crippen LogP contribution in [0.25, 0.3) is 11.1 Å². The Kier molecular flexibility index (Phi) is 6.55. The van der Waals surface area contributed by atoms with E-state index in [9.17, 15) is 18.0 Å². The molecule has 0 saturated carbocycles. The second-order valence-electron chi connectivity index (χ2n) is 8.05. The quantitative estimate of drug-likeness (QED) is 0.537. The first-order valence-corrected chi connectivity index (χ1v) is 12.5. The molecule has 33 heavy (non-hydrogen) atoms. The molecule has 1 aromatic heterocycles. The largest absolute Gasteiger partial charge is 0.324 e. The lowest BCUT2D eigenvalue weighted by atomic mass is 10.1. The van der Waals surface area contributed by atoms with Gasteiger partial charge in [-0.25, -0.2) is 13.2 Å². The molecule has 1 fully saturated rings. The van der Waals surface area contributed by atoms with Gasteiger partial charge in [0.1, 0.15) is 0 Å². The van der Waals surface area contributed by atoms with Gasteiger partial charge < -0.3 is 4.90 Å². The minimum absolute atomic E-state index is 0.0202. The number of sulfone groups is 1. The van der Waals surface area contributed by atoms with Crippen molar-refractivity contribution in [1.29, 1.82) is 0 Å². The molecule has 4 rings (SSSR count). The van der Waals surface area contributed by atoms with Gasteiger partial charge in [0.15, 0.2) is 15.6 Å². The number of hydrogen-bond acceptors (Lipinski definition) is 5. The molecular formula is C25H25N3O4S. The average Bonchev–Trinajstić information content (AvgIpc) is 2.83. The molecule has 1 saturated heterocycles. The number of nitrogens with zero attached hydrogens (tertiary/aromatic N) is 3. The first kappa shape index (κ1) is 22.7. The standard InChI is InChI=1S/C25H25N3O4S/c1-19(29)21-9-7-20(8-10-21)18-28(25(30)27-12-14-33(31,32)15-13-27)24-6-2-4-22(16-24)23-5-3-11-26-17-23/h2-11,16-17H,12-15,18H2,1H3. The molecular weight excluding hydrogens is 438 g/mol. The topological polar surface area (TPSA) is 87.7 Å². The number of hydrogen-bond donors (Lipinski definition) is 0. The minimum atomic E-state index is -3.11. The van der Waals surface area contributed by atoms with Crippen molar-refractivity contribution in [1.82, 2.24) is 9.88 Å². The van der Waals surface area contributed by atoms with Crippen LogP contribution in [0.3, 0.4) is 0 Å². The molecule has 1 aliphatic heterocycles. The fourth-order valence-electron chi connectivity index (χ4n) is 3.76. The number of carbonyl (C=O) groups is 2. The van der Waals surface area contributed by atoms with Gasteiger partial charge in [0.25, 0.3) is 0 Å². The van der Waals surface area contributed by atoms with Gasteiger partial charge in [-0.2, -0.15) is 0 Å². The van der Waals surface area contributed by atoms with E-state index in [1.807, 2.05) is 48.5 Å². The number of rotatable bonds is 5. The Bertz CT molecular complexity index is 1240.